The minimum Gasteiger partial charge on any atom is -0.478 e. The maximum Gasteiger partial charge on any atom is 0.508 e. The van der Waals surface area contributed by atoms with Gasteiger partial charge in [-0.25, -0.2) is 33.8 Å². The number of carbonyl (C=O) groups is 11. The van der Waals surface area contributed by atoms with Gasteiger partial charge >= 0.3 is 36.4 Å². The van der Waals surface area contributed by atoms with E-state index in [2.05, 4.69) is 42.8 Å². The van der Waals surface area contributed by atoms with Crippen molar-refractivity contribution in [3.05, 3.63) is 23.7 Å². The molecule has 2 saturated heterocycles. The van der Waals surface area contributed by atoms with Crippen molar-refractivity contribution < 1.29 is 129 Å². The number of guanidine groups is 1. The van der Waals surface area contributed by atoms with Crippen LogP contribution in [-0.4, -0.2) is 262 Å². The Balaban J connectivity index is 1.44. The number of alkyl carbamates (subject to hydrolysis) is 2. The number of amides is 7. The van der Waals surface area contributed by atoms with E-state index in [1.165, 1.54) is 24.8 Å². The first-order valence-corrected chi connectivity index (χ1v) is 30.6. The lowest BCUT2D eigenvalue weighted by Gasteiger charge is -2.40. The Morgan fingerprint density at radius 1 is 0.632 bits per heavy atom. The van der Waals surface area contributed by atoms with E-state index in [1.807, 2.05) is 0 Å². The van der Waals surface area contributed by atoms with Crippen LogP contribution in [0.3, 0.4) is 0 Å². The van der Waals surface area contributed by atoms with Crippen LogP contribution in [0.4, 0.5) is 19.2 Å². The first-order valence-electron chi connectivity index (χ1n) is 30.6. The molecule has 95 heavy (non-hydrogen) atoms. The summed E-state index contributed by atoms with van der Waals surface area (Å²) >= 11 is 0. The molecule has 1 unspecified atom stereocenters. The number of methoxy groups -OCH3 is 2. The third kappa shape index (κ3) is 30.2. The van der Waals surface area contributed by atoms with Crippen LogP contribution in [-0.2, 0) is 109 Å². The van der Waals surface area contributed by atoms with E-state index in [0.29, 0.717) is 19.8 Å². The molecule has 4 heterocycles. The second-order valence-electron chi connectivity index (χ2n) is 23.1. The Kier molecular flexibility index (Phi) is 33.7. The third-order valence-electron chi connectivity index (χ3n) is 13.2. The highest BCUT2D eigenvalue weighted by molar-refractivity contribution is 6.01. The number of nitrogens with one attached hydrogen (secondary N) is 6. The summed E-state index contributed by atoms with van der Waals surface area (Å²) in [5.41, 5.74) is -2.03. The molecule has 35 nitrogen and oxygen atoms in total. The molecule has 0 aromatic heterocycles. The second-order valence-corrected chi connectivity index (χ2v) is 23.1. The van der Waals surface area contributed by atoms with Gasteiger partial charge < -0.3 is 102 Å². The number of rotatable bonds is 37. The minimum absolute atomic E-state index is 0.00486. The van der Waals surface area contributed by atoms with Gasteiger partial charge in [0.25, 0.3) is 0 Å². The second kappa shape index (κ2) is 40.6. The number of nitrogens with zero attached hydrogens (tertiary/aromatic N) is 2. The normalized spacial score (nSPS) is 20.4. The molecule has 4 aliphatic heterocycles. The summed E-state index contributed by atoms with van der Waals surface area (Å²) in [7, 11) is 2.23. The summed E-state index contributed by atoms with van der Waals surface area (Å²) in [5.74, 6) is -3.08. The van der Waals surface area contributed by atoms with Gasteiger partial charge in [0, 0.05) is 52.9 Å². The number of ether oxygens (including phenoxy) is 16. The predicted molar refractivity (Wildman–Crippen MR) is 325 cm³/mol. The van der Waals surface area contributed by atoms with Crippen molar-refractivity contribution in [3.63, 3.8) is 0 Å². The van der Waals surface area contributed by atoms with Crippen molar-refractivity contribution in [2.45, 2.75) is 153 Å². The summed E-state index contributed by atoms with van der Waals surface area (Å²) in [6.07, 6.45) is -4.01. The van der Waals surface area contributed by atoms with Crippen molar-refractivity contribution in [1.82, 2.24) is 36.8 Å². The zero-order chi connectivity index (χ0) is 70.1. The zero-order valence-corrected chi connectivity index (χ0v) is 55.2. The zero-order valence-electron chi connectivity index (χ0n) is 55.2. The number of cyclic esters (lactones) is 4. The molecule has 0 aliphatic carbocycles. The van der Waals surface area contributed by atoms with Crippen LogP contribution in [0.25, 0.3) is 0 Å². The monoisotopic (exact) mass is 1350 g/mol. The quantitative estimate of drug-likeness (QED) is 0.0121. The van der Waals surface area contributed by atoms with Crippen molar-refractivity contribution in [2.24, 2.45) is 4.99 Å². The predicted octanol–water partition coefficient (Wildman–Crippen LogP) is 0.233. The van der Waals surface area contributed by atoms with Gasteiger partial charge in [-0.2, -0.15) is 0 Å². The van der Waals surface area contributed by atoms with Crippen LogP contribution < -0.4 is 31.9 Å². The molecule has 7 amide bonds. The summed E-state index contributed by atoms with van der Waals surface area (Å²) < 4.78 is 87.5. The van der Waals surface area contributed by atoms with E-state index in [4.69, 9.17) is 82.2 Å². The van der Waals surface area contributed by atoms with Crippen LogP contribution >= 0.6 is 0 Å². The van der Waals surface area contributed by atoms with Gasteiger partial charge in [0.15, 0.2) is 18.3 Å². The molecule has 0 spiro atoms. The maximum absolute atomic E-state index is 13.7. The Morgan fingerprint density at radius 3 is 1.62 bits per heavy atom. The SMILES string of the molecule is C#CCOCCOCCOCCOCCC(=O)N(CCCC(=O)NCCO[C@@H]([C@@H]1OC(C(=O)OC)=C[C@H](N=C(NC(=O)OC(C)(C)C)NC(=O)OC(C)(C)C)C1NC(C)=O)[C@H]1COC(=O)O1)CCC(=O)NCCO[C@@H]([C@@H]1OC(C(=O)OC)=CC[C@H]1NC(C)=O)[C@H]1COC(=O)O1. The summed E-state index contributed by atoms with van der Waals surface area (Å²) in [6, 6.07) is -3.49. The molecule has 4 rings (SSSR count). The lowest BCUT2D eigenvalue weighted by molar-refractivity contribution is -0.151. The maximum atomic E-state index is 13.7. The third-order valence-corrected chi connectivity index (χ3v) is 13.2. The highest BCUT2D eigenvalue weighted by atomic mass is 16.8. The highest BCUT2D eigenvalue weighted by Gasteiger charge is 2.50. The number of terminal acetylenes is 1. The van der Waals surface area contributed by atoms with Gasteiger partial charge in [0.05, 0.1) is 98.2 Å². The number of hydrogen-bond acceptors (Lipinski definition) is 28. The lowest BCUT2D eigenvalue weighted by Crippen LogP contribution is -2.61. The van der Waals surface area contributed by atoms with Crippen LogP contribution in [0, 0.1) is 12.3 Å². The Hall–Kier alpha value is -8.56. The Morgan fingerprint density at radius 2 is 1.13 bits per heavy atom. The van der Waals surface area contributed by atoms with Gasteiger partial charge in [0.2, 0.25) is 47.0 Å². The fourth-order valence-corrected chi connectivity index (χ4v) is 9.26. The highest BCUT2D eigenvalue weighted by Crippen LogP contribution is 2.31. The average molecular weight is 1360 g/mol. The fourth-order valence-electron chi connectivity index (χ4n) is 9.26. The summed E-state index contributed by atoms with van der Waals surface area (Å²) in [5, 5.41) is 15.6. The molecule has 35 heteroatoms. The number of esters is 2. The number of carbonyl (C=O) groups excluding carboxylic acids is 11. The van der Waals surface area contributed by atoms with Gasteiger partial charge in [0.1, 0.15) is 49.3 Å². The van der Waals surface area contributed by atoms with E-state index >= 15 is 0 Å². The molecule has 0 saturated carbocycles. The van der Waals surface area contributed by atoms with Gasteiger partial charge in [-0.3, -0.25) is 34.6 Å². The summed E-state index contributed by atoms with van der Waals surface area (Å²) in [4.78, 5) is 148. The topological polar surface area (TPSA) is 423 Å². The van der Waals surface area contributed by atoms with Crippen LogP contribution in [0.15, 0.2) is 28.7 Å². The van der Waals surface area contributed by atoms with Gasteiger partial charge in [-0.1, -0.05) is 5.92 Å². The summed E-state index contributed by atoms with van der Waals surface area (Å²) in [6.45, 7) is 12.3. The molecular weight excluding hydrogens is 1260 g/mol. The molecule has 532 valence electrons. The number of hydrogen-bond donors (Lipinski definition) is 6. The smallest absolute Gasteiger partial charge is 0.478 e. The van der Waals surface area contributed by atoms with Crippen molar-refractivity contribution in [2.75, 3.05) is 120 Å². The van der Waals surface area contributed by atoms with Crippen LogP contribution in [0.1, 0.15) is 87.5 Å². The van der Waals surface area contributed by atoms with E-state index in [1.54, 1.807) is 41.5 Å². The molecule has 9 atom stereocenters. The number of aliphatic imine (C=N–C) groups is 1. The van der Waals surface area contributed by atoms with Gasteiger partial charge in [-0.05, 0) is 66.5 Å². The van der Waals surface area contributed by atoms with E-state index in [9.17, 15) is 52.7 Å². The molecule has 2 fully saturated rings. The van der Waals surface area contributed by atoms with Crippen LogP contribution in [0.5, 0.6) is 0 Å². The van der Waals surface area contributed by atoms with E-state index in [-0.39, 0.29) is 117 Å². The van der Waals surface area contributed by atoms with Crippen molar-refractivity contribution in [3.8, 4) is 12.3 Å². The minimum atomic E-state index is -1.49. The van der Waals surface area contributed by atoms with E-state index in [0.717, 1.165) is 20.3 Å². The van der Waals surface area contributed by atoms with Crippen molar-refractivity contribution in [1.29, 1.82) is 0 Å². The van der Waals surface area contributed by atoms with Gasteiger partial charge in [-0.15, -0.1) is 6.42 Å². The van der Waals surface area contributed by atoms with E-state index < -0.39 is 150 Å². The molecule has 0 aromatic rings. The standard InChI is InChI=1S/C60H90N8O27/c1-12-23-82-27-29-84-31-32-85-30-28-83-24-18-46(73)68(22-17-45(72)62-20-25-86-49(42-34-88-57(78)92-42)48-38(63-36(2)69)15-16-40(90-48)52(74)80-10)21-13-14-44(71)61-19-26-87-50(43-35-89-58(79)93-43)51-47(64-37(3)70)39(33-41(91-51)53(75)81-11)65-54(66-55(76)94-59(4,5)6)67-56(77)95-60(7,8)9/h1,16,33,38-39,42-43,47-51H,13-15,17-32,34-35H2,2-11H3,(H,61,71)(H,62,72)(H,63,69)(H,64,70)(H2,65,66,67,76,77)/t38-,39+,42-,43-,47?,48-,49-,50-,51-/m1/s1. The average Bonchev–Trinajstić information content (AvgIpc) is 1.65. The Bertz CT molecular complexity index is 2710. The first-order chi connectivity index (χ1) is 45.1. The first kappa shape index (κ1) is 78.9. The Labute approximate surface area is 549 Å². The van der Waals surface area contributed by atoms with Crippen molar-refractivity contribution >= 4 is 71.9 Å². The molecule has 0 bridgehead atoms. The molecular formula is C60H90N8O27. The fraction of sp³-hybridized carbons (Fsp3) is 0.700. The molecule has 4 aliphatic rings. The molecule has 6 N–H and O–H groups in total. The largest absolute Gasteiger partial charge is 0.508 e. The molecule has 0 aromatic carbocycles. The van der Waals surface area contributed by atoms with Crippen LogP contribution in [0.2, 0.25) is 0 Å². The lowest BCUT2D eigenvalue weighted by atomic mass is 9.92. The molecule has 0 radical (unpaired) electrons.